The van der Waals surface area contributed by atoms with Crippen molar-refractivity contribution in [3.8, 4) is 11.3 Å². The molecule has 1 N–H and O–H groups in total. The van der Waals surface area contributed by atoms with Crippen molar-refractivity contribution in [3.63, 3.8) is 0 Å². The topological polar surface area (TPSA) is 70.5 Å². The third-order valence-corrected chi connectivity index (χ3v) is 6.73. The molecule has 1 aliphatic carbocycles. The van der Waals surface area contributed by atoms with Gasteiger partial charge in [-0.25, -0.2) is 4.79 Å². The number of halogens is 1. The molecule has 0 bridgehead atoms. The quantitative estimate of drug-likeness (QED) is 0.548. The van der Waals surface area contributed by atoms with Gasteiger partial charge in [-0.05, 0) is 41.5 Å². The van der Waals surface area contributed by atoms with Crippen LogP contribution < -0.4 is 10.2 Å². The van der Waals surface area contributed by atoms with Crippen molar-refractivity contribution < 1.29 is 9.59 Å². The number of amides is 3. The standard InChI is InChI=1S/C27H26ClN5O2/c1-31-16-22-10-9-20(14-25(22)33(27(31)35)17-21-7-4-8-23(21)28)26(34)29-15-18-5-3-6-19(13-18)24-11-12-32(2)30-24/h3-14,21H,15-17H2,1-2H3,(H,29,34). The van der Waals surface area contributed by atoms with Crippen molar-refractivity contribution in [3.05, 3.63) is 94.7 Å². The predicted molar refractivity (Wildman–Crippen MR) is 137 cm³/mol. The minimum absolute atomic E-state index is 0.0520. The fourth-order valence-corrected chi connectivity index (χ4v) is 4.65. The predicted octanol–water partition coefficient (Wildman–Crippen LogP) is 4.70. The number of nitrogens with one attached hydrogen (secondary N) is 1. The van der Waals surface area contributed by atoms with E-state index < -0.39 is 0 Å². The highest BCUT2D eigenvalue weighted by atomic mass is 35.5. The lowest BCUT2D eigenvalue weighted by Crippen LogP contribution is -2.47. The number of nitrogens with zero attached hydrogens (tertiary/aromatic N) is 4. The summed E-state index contributed by atoms with van der Waals surface area (Å²) in [4.78, 5) is 29.4. The zero-order chi connectivity index (χ0) is 24.5. The number of aryl methyl sites for hydroxylation is 1. The van der Waals surface area contributed by atoms with Gasteiger partial charge in [-0.2, -0.15) is 5.10 Å². The van der Waals surface area contributed by atoms with Crippen molar-refractivity contribution >= 4 is 29.2 Å². The number of fused-ring (bicyclic) bond motifs is 1. The number of anilines is 1. The van der Waals surface area contributed by atoms with Crippen LogP contribution in [0.4, 0.5) is 10.5 Å². The Bertz CT molecular complexity index is 1360. The number of allylic oxidation sites excluding steroid dienone is 2. The van der Waals surface area contributed by atoms with E-state index in [9.17, 15) is 9.59 Å². The fraction of sp³-hybridized carbons (Fsp3) is 0.222. The molecule has 1 aromatic heterocycles. The summed E-state index contributed by atoms with van der Waals surface area (Å²) in [6, 6.07) is 15.3. The van der Waals surface area contributed by atoms with Crippen LogP contribution in [-0.4, -0.2) is 40.2 Å². The van der Waals surface area contributed by atoms with E-state index in [0.717, 1.165) is 28.1 Å². The Kier molecular flexibility index (Phi) is 6.17. The summed E-state index contributed by atoms with van der Waals surface area (Å²) in [7, 11) is 3.66. The molecule has 178 valence electrons. The lowest BCUT2D eigenvalue weighted by molar-refractivity contribution is 0.0950. The monoisotopic (exact) mass is 487 g/mol. The van der Waals surface area contributed by atoms with E-state index >= 15 is 0 Å². The average molecular weight is 488 g/mol. The van der Waals surface area contributed by atoms with Gasteiger partial charge in [0.05, 0.1) is 11.4 Å². The maximum absolute atomic E-state index is 13.0. The molecule has 3 amide bonds. The summed E-state index contributed by atoms with van der Waals surface area (Å²) in [5.74, 6) is -0.245. The minimum atomic E-state index is -0.193. The van der Waals surface area contributed by atoms with E-state index in [2.05, 4.69) is 10.4 Å². The minimum Gasteiger partial charge on any atom is -0.348 e. The van der Waals surface area contributed by atoms with Gasteiger partial charge in [0.15, 0.2) is 0 Å². The molecule has 2 heterocycles. The molecule has 1 atom stereocenters. The van der Waals surface area contributed by atoms with Crippen molar-refractivity contribution in [2.45, 2.75) is 13.1 Å². The second kappa shape index (κ2) is 9.43. The summed E-state index contributed by atoms with van der Waals surface area (Å²) < 4.78 is 1.76. The molecule has 5 rings (SSSR count). The van der Waals surface area contributed by atoms with Gasteiger partial charge >= 0.3 is 6.03 Å². The molecular formula is C27H26ClN5O2. The first-order valence-corrected chi connectivity index (χ1v) is 11.8. The second-order valence-electron chi connectivity index (χ2n) is 8.89. The van der Waals surface area contributed by atoms with E-state index in [4.69, 9.17) is 11.6 Å². The number of aromatic nitrogens is 2. The van der Waals surface area contributed by atoms with Gasteiger partial charge in [0, 0.05) is 62.0 Å². The highest BCUT2D eigenvalue weighted by Gasteiger charge is 2.31. The van der Waals surface area contributed by atoms with Crippen LogP contribution in [0.1, 0.15) is 21.5 Å². The zero-order valence-electron chi connectivity index (χ0n) is 19.6. The molecule has 1 aliphatic heterocycles. The SMILES string of the molecule is CN1Cc2ccc(C(=O)NCc3cccc(-c4ccn(C)n4)c3)cc2N(CC2C=CC=C2Cl)C1=O. The number of urea groups is 1. The van der Waals surface area contributed by atoms with Gasteiger partial charge in [0.1, 0.15) is 0 Å². The summed E-state index contributed by atoms with van der Waals surface area (Å²) in [5.41, 5.74) is 5.12. The maximum Gasteiger partial charge on any atom is 0.324 e. The maximum atomic E-state index is 13.0. The lowest BCUT2D eigenvalue weighted by atomic mass is 10.0. The van der Waals surface area contributed by atoms with E-state index in [1.165, 1.54) is 0 Å². The summed E-state index contributed by atoms with van der Waals surface area (Å²) >= 11 is 6.32. The Labute approximate surface area is 209 Å². The number of hydrogen-bond donors (Lipinski definition) is 1. The van der Waals surface area contributed by atoms with E-state index in [1.54, 1.807) is 27.6 Å². The van der Waals surface area contributed by atoms with Gasteiger partial charge < -0.3 is 10.2 Å². The van der Waals surface area contributed by atoms with Crippen LogP contribution in [0.15, 0.2) is 78.0 Å². The highest BCUT2D eigenvalue weighted by Crippen LogP contribution is 2.33. The molecule has 7 nitrogen and oxygen atoms in total. The van der Waals surface area contributed by atoms with Gasteiger partial charge in [-0.1, -0.05) is 48.0 Å². The van der Waals surface area contributed by atoms with Crippen LogP contribution in [0.2, 0.25) is 0 Å². The van der Waals surface area contributed by atoms with Crippen molar-refractivity contribution in [2.24, 2.45) is 13.0 Å². The summed E-state index contributed by atoms with van der Waals surface area (Å²) in [6.45, 7) is 1.31. The molecule has 0 saturated heterocycles. The molecule has 2 aliphatic rings. The first-order valence-electron chi connectivity index (χ1n) is 11.5. The largest absolute Gasteiger partial charge is 0.348 e. The van der Waals surface area contributed by atoms with Crippen molar-refractivity contribution in [1.29, 1.82) is 0 Å². The van der Waals surface area contributed by atoms with Gasteiger partial charge in [-0.15, -0.1) is 0 Å². The molecular weight excluding hydrogens is 462 g/mol. The molecule has 0 radical (unpaired) electrons. The smallest absolute Gasteiger partial charge is 0.324 e. The molecule has 8 heteroatoms. The van der Waals surface area contributed by atoms with Crippen LogP contribution in [0.3, 0.4) is 0 Å². The Hall–Kier alpha value is -3.84. The van der Waals surface area contributed by atoms with Gasteiger partial charge in [0.2, 0.25) is 0 Å². The first kappa shape index (κ1) is 22.9. The molecule has 0 saturated carbocycles. The van der Waals surface area contributed by atoms with Gasteiger partial charge in [0.25, 0.3) is 5.91 Å². The molecule has 0 spiro atoms. The van der Waals surface area contributed by atoms with E-state index in [1.807, 2.05) is 73.9 Å². The third-order valence-electron chi connectivity index (χ3n) is 6.33. The Morgan fingerprint density at radius 2 is 2.03 bits per heavy atom. The first-order chi connectivity index (χ1) is 16.9. The summed E-state index contributed by atoms with van der Waals surface area (Å²) in [5, 5.41) is 8.15. The molecule has 3 aromatic rings. The van der Waals surface area contributed by atoms with Crippen molar-refractivity contribution in [2.75, 3.05) is 18.5 Å². The Morgan fingerprint density at radius 3 is 2.77 bits per heavy atom. The average Bonchev–Trinajstić information content (AvgIpc) is 3.48. The fourth-order valence-electron chi connectivity index (χ4n) is 4.43. The summed E-state index contributed by atoms with van der Waals surface area (Å²) in [6.07, 6.45) is 7.63. The Morgan fingerprint density at radius 1 is 1.17 bits per heavy atom. The second-order valence-corrected chi connectivity index (χ2v) is 9.33. The normalized spacial score (nSPS) is 16.9. The van der Waals surface area contributed by atoms with E-state index in [0.29, 0.717) is 30.2 Å². The molecule has 0 fully saturated rings. The molecule has 2 aromatic carbocycles. The number of rotatable bonds is 6. The molecule has 35 heavy (non-hydrogen) atoms. The van der Waals surface area contributed by atoms with Crippen LogP contribution in [0, 0.1) is 5.92 Å². The number of hydrogen-bond acceptors (Lipinski definition) is 3. The molecule has 1 unspecified atom stereocenters. The van der Waals surface area contributed by atoms with Crippen molar-refractivity contribution in [1.82, 2.24) is 20.0 Å². The third kappa shape index (κ3) is 4.72. The van der Waals surface area contributed by atoms with Crippen LogP contribution in [0.5, 0.6) is 0 Å². The zero-order valence-corrected chi connectivity index (χ0v) is 20.4. The highest BCUT2D eigenvalue weighted by molar-refractivity contribution is 6.30. The van der Waals surface area contributed by atoms with Crippen LogP contribution >= 0.6 is 11.6 Å². The lowest BCUT2D eigenvalue weighted by Gasteiger charge is -2.36. The van der Waals surface area contributed by atoms with E-state index in [-0.39, 0.29) is 17.9 Å². The number of carbonyl (C=O) groups is 2. The van der Waals surface area contributed by atoms with Crippen LogP contribution in [0.25, 0.3) is 11.3 Å². The number of benzene rings is 2. The Balaban J connectivity index is 1.33. The van der Waals surface area contributed by atoms with Crippen LogP contribution in [-0.2, 0) is 20.1 Å². The number of carbonyl (C=O) groups excluding carboxylic acids is 2. The van der Waals surface area contributed by atoms with Gasteiger partial charge in [-0.3, -0.25) is 14.4 Å².